The summed E-state index contributed by atoms with van der Waals surface area (Å²) in [6.07, 6.45) is 10.8. The van der Waals surface area contributed by atoms with Gasteiger partial charge in [-0.25, -0.2) is 0 Å². The highest BCUT2D eigenvalue weighted by Gasteiger charge is 2.59. The van der Waals surface area contributed by atoms with Crippen molar-refractivity contribution < 1.29 is 0 Å². The molecule has 7 aromatic rings. The van der Waals surface area contributed by atoms with Crippen LogP contribution in [-0.4, -0.2) is 6.71 Å². The zero-order valence-electron chi connectivity index (χ0n) is 33.4. The Morgan fingerprint density at radius 3 is 1.76 bits per heavy atom. The monoisotopic (exact) mass is 756 g/mol. The Hall–Kier alpha value is -5.80. The predicted octanol–water partition coefficient (Wildman–Crippen LogP) is 11.9. The molecule has 6 atom stereocenters. The molecule has 2 heterocycles. The van der Waals surface area contributed by atoms with Crippen LogP contribution in [-0.2, 0) is 10.8 Å². The largest absolute Gasteiger partial charge is 0.311 e. The highest BCUT2D eigenvalue weighted by molar-refractivity contribution is 7.00. The van der Waals surface area contributed by atoms with Crippen LogP contribution >= 0.6 is 0 Å². The van der Waals surface area contributed by atoms with E-state index in [1.165, 1.54) is 124 Å². The molecule has 6 aliphatic carbocycles. The lowest BCUT2D eigenvalue weighted by Crippen LogP contribution is -2.61. The lowest BCUT2D eigenvalue weighted by atomic mass is 9.33. The number of nitrogens with zero attached hydrogens (tertiary/aromatic N) is 2. The Morgan fingerprint density at radius 2 is 1.02 bits per heavy atom. The van der Waals surface area contributed by atoms with Gasteiger partial charge < -0.3 is 9.80 Å². The van der Waals surface area contributed by atoms with Crippen molar-refractivity contribution >= 4 is 57.2 Å². The molecule has 0 amide bonds. The fraction of sp³-hybridized carbons (Fsp3) is 0.250. The van der Waals surface area contributed by atoms with Crippen molar-refractivity contribution in [3.63, 3.8) is 0 Å². The smallest absolute Gasteiger partial charge is 0.252 e. The van der Waals surface area contributed by atoms with Gasteiger partial charge in [-0.05, 0) is 160 Å². The summed E-state index contributed by atoms with van der Waals surface area (Å²) in [5.74, 6) is 3.11. The van der Waals surface area contributed by atoms with E-state index in [9.17, 15) is 0 Å². The van der Waals surface area contributed by atoms with Crippen LogP contribution in [0.4, 0.5) is 34.1 Å². The lowest BCUT2D eigenvalue weighted by Gasteiger charge is -2.45. The molecule has 0 N–H and O–H groups in total. The molecule has 2 aliphatic heterocycles. The van der Waals surface area contributed by atoms with Crippen LogP contribution < -0.4 is 26.2 Å². The van der Waals surface area contributed by atoms with E-state index in [0.29, 0.717) is 0 Å². The predicted molar refractivity (Wildman–Crippen MR) is 244 cm³/mol. The molecule has 1 unspecified atom stereocenters. The third kappa shape index (κ3) is 3.75. The van der Waals surface area contributed by atoms with E-state index < -0.39 is 0 Å². The van der Waals surface area contributed by atoms with Crippen molar-refractivity contribution in [3.05, 3.63) is 174 Å². The van der Waals surface area contributed by atoms with Gasteiger partial charge in [-0.2, -0.15) is 0 Å². The molecule has 3 heteroatoms. The number of hydrogen-bond donors (Lipinski definition) is 0. The van der Waals surface area contributed by atoms with Gasteiger partial charge in [-0.15, -0.1) is 0 Å². The average Bonchev–Trinajstić information content (AvgIpc) is 4.17. The molecular weight excluding hydrogens is 711 g/mol. The number of benzene rings is 7. The summed E-state index contributed by atoms with van der Waals surface area (Å²) in [7, 11) is 0. The van der Waals surface area contributed by atoms with Crippen LogP contribution in [0.1, 0.15) is 73.6 Å². The molecule has 0 radical (unpaired) electrons. The van der Waals surface area contributed by atoms with Crippen molar-refractivity contribution in [1.29, 1.82) is 0 Å². The first-order valence-corrected chi connectivity index (χ1v) is 22.6. The Balaban J connectivity index is 1.06. The summed E-state index contributed by atoms with van der Waals surface area (Å²) < 4.78 is 0. The molecule has 4 saturated carbocycles. The van der Waals surface area contributed by atoms with E-state index in [0.717, 1.165) is 23.7 Å². The zero-order valence-corrected chi connectivity index (χ0v) is 33.4. The van der Waals surface area contributed by atoms with Crippen LogP contribution in [0.2, 0.25) is 0 Å². The molecule has 2 spiro atoms. The number of fused-ring (bicyclic) bond motifs is 20. The molecule has 59 heavy (non-hydrogen) atoms. The van der Waals surface area contributed by atoms with Gasteiger partial charge >= 0.3 is 0 Å². The van der Waals surface area contributed by atoms with Gasteiger partial charge in [0.2, 0.25) is 0 Å². The van der Waals surface area contributed by atoms with Gasteiger partial charge in [0.25, 0.3) is 6.71 Å². The standard InChI is InChI=1S/C56H45BN2/c1-2-12-38(13-3-1)58-48-20-9-8-19-46(48)57-47-31-45-41(39-14-4-6-16-42(39)56(45)33-35-25-27-37(56)29-35)30-52(47)59(51-23-11-22-50(58)54(51)57)49-21-10-18-44-53(49)40-15-5-7-17-43(40)55(44)32-34-24-26-36(55)28-34/h1-23,30-31,34-37H,24-29,32-33H2/t34-,35+,36?,37-,55-,56+/m1/s1. The van der Waals surface area contributed by atoms with Gasteiger partial charge in [0.05, 0.1) is 5.69 Å². The van der Waals surface area contributed by atoms with Crippen molar-refractivity contribution in [2.75, 3.05) is 9.80 Å². The lowest BCUT2D eigenvalue weighted by molar-refractivity contribution is 0.327. The highest BCUT2D eigenvalue weighted by atomic mass is 15.2. The second-order valence-electron chi connectivity index (χ2n) is 19.6. The van der Waals surface area contributed by atoms with Crippen LogP contribution in [0, 0.1) is 23.7 Å². The number of para-hydroxylation sites is 2. The van der Waals surface area contributed by atoms with E-state index in [-0.39, 0.29) is 17.5 Å². The third-order valence-corrected chi connectivity index (χ3v) is 17.4. The van der Waals surface area contributed by atoms with Gasteiger partial charge in [-0.3, -0.25) is 0 Å². The molecule has 7 aromatic carbocycles. The van der Waals surface area contributed by atoms with Crippen molar-refractivity contribution in [1.82, 2.24) is 0 Å². The molecule has 4 bridgehead atoms. The summed E-state index contributed by atoms with van der Waals surface area (Å²) in [5.41, 5.74) is 24.6. The average molecular weight is 757 g/mol. The molecule has 15 rings (SSSR count). The second-order valence-corrected chi connectivity index (χ2v) is 19.6. The fourth-order valence-corrected chi connectivity index (χ4v) is 15.5. The molecular formula is C56H45BN2. The molecule has 8 aliphatic rings. The fourth-order valence-electron chi connectivity index (χ4n) is 15.5. The maximum absolute atomic E-state index is 2.77. The van der Waals surface area contributed by atoms with Crippen LogP contribution in [0.3, 0.4) is 0 Å². The maximum Gasteiger partial charge on any atom is 0.252 e. The van der Waals surface area contributed by atoms with E-state index >= 15 is 0 Å². The molecule has 2 nitrogen and oxygen atoms in total. The van der Waals surface area contributed by atoms with Crippen molar-refractivity contribution in [2.45, 2.75) is 62.2 Å². The topological polar surface area (TPSA) is 6.48 Å². The summed E-state index contributed by atoms with van der Waals surface area (Å²) >= 11 is 0. The molecule has 282 valence electrons. The first-order valence-electron chi connectivity index (χ1n) is 22.6. The van der Waals surface area contributed by atoms with E-state index in [1.807, 2.05) is 0 Å². The quantitative estimate of drug-likeness (QED) is 0.162. The van der Waals surface area contributed by atoms with E-state index in [2.05, 4.69) is 161 Å². The Morgan fingerprint density at radius 1 is 0.424 bits per heavy atom. The molecule has 0 saturated heterocycles. The number of rotatable bonds is 2. The summed E-state index contributed by atoms with van der Waals surface area (Å²) in [6, 6.07) is 59.5. The zero-order chi connectivity index (χ0) is 38.2. The Labute approximate surface area is 347 Å². The van der Waals surface area contributed by atoms with Crippen LogP contribution in [0.25, 0.3) is 22.3 Å². The first-order chi connectivity index (χ1) is 29.2. The van der Waals surface area contributed by atoms with Gasteiger partial charge in [-0.1, -0.05) is 122 Å². The SMILES string of the molecule is c1ccc(N2c3ccccc3B3c4cc5c(cc4N(c4cccc6c4-c4ccccc4[C@]64C[C@@H]6CCC4C6)c4cccc2c43)-c2ccccc2[C@@]52C[C@H]3CC[C@@H]2C3)cc1. The minimum absolute atomic E-state index is 0.111. The normalized spacial score (nSPS) is 27.5. The van der Waals surface area contributed by atoms with Crippen molar-refractivity contribution in [2.24, 2.45) is 23.7 Å². The highest BCUT2D eigenvalue weighted by Crippen LogP contribution is 2.68. The molecule has 4 fully saturated rings. The van der Waals surface area contributed by atoms with Gasteiger partial charge in [0.1, 0.15) is 0 Å². The first kappa shape index (κ1) is 32.1. The van der Waals surface area contributed by atoms with Crippen LogP contribution in [0.5, 0.6) is 0 Å². The summed E-state index contributed by atoms with van der Waals surface area (Å²) in [5, 5.41) is 0. The van der Waals surface area contributed by atoms with Gasteiger partial charge in [0, 0.05) is 44.8 Å². The summed E-state index contributed by atoms with van der Waals surface area (Å²) in [4.78, 5) is 5.29. The second kappa shape index (κ2) is 11.1. The van der Waals surface area contributed by atoms with E-state index in [4.69, 9.17) is 0 Å². The molecule has 0 aromatic heterocycles. The maximum atomic E-state index is 2.77. The number of anilines is 6. The number of hydrogen-bond acceptors (Lipinski definition) is 2. The minimum atomic E-state index is 0.111. The van der Waals surface area contributed by atoms with Crippen molar-refractivity contribution in [3.8, 4) is 22.3 Å². The van der Waals surface area contributed by atoms with E-state index in [1.54, 1.807) is 22.3 Å². The summed E-state index contributed by atoms with van der Waals surface area (Å²) in [6.45, 7) is 0.120. The van der Waals surface area contributed by atoms with Gasteiger partial charge in [0.15, 0.2) is 0 Å². The Kier molecular flexibility index (Phi) is 6.02. The third-order valence-electron chi connectivity index (χ3n) is 17.4. The minimum Gasteiger partial charge on any atom is -0.311 e. The Bertz CT molecular complexity index is 2990. The van der Waals surface area contributed by atoms with Crippen LogP contribution in [0.15, 0.2) is 152 Å².